The summed E-state index contributed by atoms with van der Waals surface area (Å²) in [6.45, 7) is 1.96. The van der Waals surface area contributed by atoms with E-state index >= 15 is 0 Å². The van der Waals surface area contributed by atoms with E-state index in [-0.39, 0.29) is 5.84 Å². The number of benzene rings is 1. The van der Waals surface area contributed by atoms with Gasteiger partial charge < -0.3 is 10.9 Å². The second-order valence-electron chi connectivity index (χ2n) is 3.94. The number of hydrogen-bond donors (Lipinski definition) is 2. The Morgan fingerprint density at radius 2 is 2.28 bits per heavy atom. The predicted octanol–water partition coefficient (Wildman–Crippen LogP) is 1.97. The van der Waals surface area contributed by atoms with Crippen LogP contribution in [-0.2, 0) is 7.05 Å². The van der Waals surface area contributed by atoms with Crippen molar-refractivity contribution >= 4 is 17.6 Å². The summed E-state index contributed by atoms with van der Waals surface area (Å²) >= 11 is 1.53. The summed E-state index contributed by atoms with van der Waals surface area (Å²) in [7, 11) is 1.86. The fourth-order valence-electron chi connectivity index (χ4n) is 1.57. The quantitative estimate of drug-likeness (QED) is 0.384. The summed E-state index contributed by atoms with van der Waals surface area (Å²) in [5.74, 6) is 0.116. The van der Waals surface area contributed by atoms with Crippen molar-refractivity contribution in [2.24, 2.45) is 17.9 Å². The van der Waals surface area contributed by atoms with Crippen LogP contribution >= 0.6 is 11.8 Å². The average Bonchev–Trinajstić information content (AvgIpc) is 2.76. The number of oxime groups is 1. The van der Waals surface area contributed by atoms with Crippen LogP contribution in [0.4, 0.5) is 0 Å². The molecule has 6 heteroatoms. The molecular weight excluding hydrogens is 248 g/mol. The first-order valence-corrected chi connectivity index (χ1v) is 6.17. The van der Waals surface area contributed by atoms with Crippen molar-refractivity contribution in [2.45, 2.75) is 16.7 Å². The van der Waals surface area contributed by atoms with Crippen LogP contribution in [0.15, 0.2) is 45.5 Å². The fourth-order valence-corrected chi connectivity index (χ4v) is 2.53. The van der Waals surface area contributed by atoms with Crippen LogP contribution < -0.4 is 5.73 Å². The number of nitrogens with zero attached hydrogens (tertiary/aromatic N) is 3. The van der Waals surface area contributed by atoms with Crippen molar-refractivity contribution in [1.29, 1.82) is 0 Å². The van der Waals surface area contributed by atoms with Crippen LogP contribution in [0.3, 0.4) is 0 Å². The number of aryl methyl sites for hydroxylation is 2. The molecule has 0 saturated heterocycles. The highest BCUT2D eigenvalue weighted by Crippen LogP contribution is 2.30. The van der Waals surface area contributed by atoms with Gasteiger partial charge in [-0.3, -0.25) is 4.68 Å². The maximum Gasteiger partial charge on any atom is 0.171 e. The number of amidine groups is 1. The first-order valence-electron chi connectivity index (χ1n) is 5.35. The highest BCUT2D eigenvalue weighted by atomic mass is 32.2. The van der Waals surface area contributed by atoms with E-state index in [4.69, 9.17) is 10.9 Å². The van der Waals surface area contributed by atoms with Crippen molar-refractivity contribution in [2.75, 3.05) is 0 Å². The number of rotatable bonds is 3. The fraction of sp³-hybridized carbons (Fsp3) is 0.167. The molecule has 0 amide bonds. The number of aromatic nitrogens is 2. The largest absolute Gasteiger partial charge is 0.409 e. The smallest absolute Gasteiger partial charge is 0.171 e. The standard InChI is InChI=1S/C12H14N4OS/c1-8-3-4-11(10(5-8)12(13)15-17)18-9-6-14-16(2)7-9/h3-7,17H,1-2H3,(H2,13,15). The Hall–Kier alpha value is -1.95. The maximum absolute atomic E-state index is 8.81. The minimum absolute atomic E-state index is 0.116. The zero-order chi connectivity index (χ0) is 13.1. The summed E-state index contributed by atoms with van der Waals surface area (Å²) in [4.78, 5) is 1.94. The van der Waals surface area contributed by atoms with Crippen LogP contribution in [-0.4, -0.2) is 20.8 Å². The molecule has 0 radical (unpaired) electrons. The van der Waals surface area contributed by atoms with Crippen LogP contribution in [0.25, 0.3) is 0 Å². The second kappa shape index (κ2) is 5.14. The molecule has 1 heterocycles. The molecule has 0 fully saturated rings. The summed E-state index contributed by atoms with van der Waals surface area (Å²) in [6, 6.07) is 5.85. The lowest BCUT2D eigenvalue weighted by molar-refractivity contribution is 0.318. The summed E-state index contributed by atoms with van der Waals surface area (Å²) < 4.78 is 1.74. The monoisotopic (exact) mass is 262 g/mol. The van der Waals surface area contributed by atoms with Crippen molar-refractivity contribution in [3.8, 4) is 0 Å². The van der Waals surface area contributed by atoms with Crippen molar-refractivity contribution in [1.82, 2.24) is 9.78 Å². The molecule has 94 valence electrons. The van der Waals surface area contributed by atoms with E-state index in [2.05, 4.69) is 10.3 Å². The van der Waals surface area contributed by atoms with Gasteiger partial charge in [-0.05, 0) is 19.1 Å². The Morgan fingerprint density at radius 1 is 1.50 bits per heavy atom. The molecule has 0 atom stereocenters. The van der Waals surface area contributed by atoms with E-state index in [1.54, 1.807) is 10.9 Å². The number of hydrogen-bond acceptors (Lipinski definition) is 4. The van der Waals surface area contributed by atoms with Gasteiger partial charge in [-0.2, -0.15) is 5.10 Å². The maximum atomic E-state index is 8.81. The van der Waals surface area contributed by atoms with E-state index in [1.165, 1.54) is 11.8 Å². The zero-order valence-corrected chi connectivity index (χ0v) is 11.0. The van der Waals surface area contributed by atoms with E-state index in [0.29, 0.717) is 0 Å². The van der Waals surface area contributed by atoms with E-state index in [9.17, 15) is 0 Å². The van der Waals surface area contributed by atoms with Gasteiger partial charge in [0.05, 0.1) is 11.1 Å². The molecule has 0 saturated carbocycles. The van der Waals surface area contributed by atoms with Crippen LogP contribution in [0.5, 0.6) is 0 Å². The van der Waals surface area contributed by atoms with E-state index in [1.807, 2.05) is 38.4 Å². The Kier molecular flexibility index (Phi) is 3.57. The lowest BCUT2D eigenvalue weighted by Gasteiger charge is -2.07. The second-order valence-corrected chi connectivity index (χ2v) is 5.05. The van der Waals surface area contributed by atoms with Gasteiger partial charge >= 0.3 is 0 Å². The van der Waals surface area contributed by atoms with Crippen molar-refractivity contribution in [3.63, 3.8) is 0 Å². The Labute approximate surface area is 109 Å². The molecule has 5 nitrogen and oxygen atoms in total. The van der Waals surface area contributed by atoms with Crippen LogP contribution in [0, 0.1) is 6.92 Å². The lowest BCUT2D eigenvalue weighted by atomic mass is 10.1. The first-order chi connectivity index (χ1) is 8.60. The average molecular weight is 262 g/mol. The van der Waals surface area contributed by atoms with Crippen molar-refractivity contribution in [3.05, 3.63) is 41.7 Å². The van der Waals surface area contributed by atoms with Gasteiger partial charge in [0, 0.05) is 23.7 Å². The molecule has 2 aromatic rings. The minimum atomic E-state index is 0.116. The zero-order valence-electron chi connectivity index (χ0n) is 10.2. The van der Waals surface area contributed by atoms with Gasteiger partial charge in [-0.1, -0.05) is 28.5 Å². The van der Waals surface area contributed by atoms with E-state index in [0.717, 1.165) is 20.9 Å². The van der Waals surface area contributed by atoms with Crippen LogP contribution in [0.2, 0.25) is 0 Å². The molecule has 0 spiro atoms. The first kappa shape index (κ1) is 12.5. The Balaban J connectivity index is 2.38. The SMILES string of the molecule is Cc1ccc(Sc2cnn(C)c2)c(/C(N)=N/O)c1. The summed E-state index contributed by atoms with van der Waals surface area (Å²) in [5, 5.41) is 16.0. The third-order valence-electron chi connectivity index (χ3n) is 2.43. The number of nitrogens with two attached hydrogens (primary N) is 1. The molecule has 0 aliphatic carbocycles. The van der Waals surface area contributed by atoms with E-state index < -0.39 is 0 Å². The normalized spacial score (nSPS) is 11.8. The van der Waals surface area contributed by atoms with Gasteiger partial charge in [0.2, 0.25) is 0 Å². The third kappa shape index (κ3) is 2.65. The van der Waals surface area contributed by atoms with Gasteiger partial charge in [0.15, 0.2) is 5.84 Å². The third-order valence-corrected chi connectivity index (χ3v) is 3.45. The molecule has 18 heavy (non-hydrogen) atoms. The molecule has 2 rings (SSSR count). The summed E-state index contributed by atoms with van der Waals surface area (Å²) in [6.07, 6.45) is 3.70. The predicted molar refractivity (Wildman–Crippen MR) is 71.0 cm³/mol. The Morgan fingerprint density at radius 3 is 2.89 bits per heavy atom. The van der Waals surface area contributed by atoms with Crippen LogP contribution in [0.1, 0.15) is 11.1 Å². The highest BCUT2D eigenvalue weighted by Gasteiger charge is 2.09. The molecule has 0 aliphatic heterocycles. The molecule has 0 aliphatic rings. The van der Waals surface area contributed by atoms with Gasteiger partial charge in [-0.25, -0.2) is 0 Å². The minimum Gasteiger partial charge on any atom is -0.409 e. The van der Waals surface area contributed by atoms with Gasteiger partial charge in [0.25, 0.3) is 0 Å². The lowest BCUT2D eigenvalue weighted by Crippen LogP contribution is -2.14. The molecular formula is C12H14N4OS. The topological polar surface area (TPSA) is 76.4 Å². The highest BCUT2D eigenvalue weighted by molar-refractivity contribution is 7.99. The Bertz CT molecular complexity index is 592. The summed E-state index contributed by atoms with van der Waals surface area (Å²) in [5.41, 5.74) is 7.48. The molecule has 1 aromatic carbocycles. The van der Waals surface area contributed by atoms with Crippen molar-refractivity contribution < 1.29 is 5.21 Å². The molecule has 1 aromatic heterocycles. The molecule has 0 bridgehead atoms. The van der Waals surface area contributed by atoms with Gasteiger partial charge in [-0.15, -0.1) is 0 Å². The van der Waals surface area contributed by atoms with Gasteiger partial charge in [0.1, 0.15) is 0 Å². The molecule has 0 unspecified atom stereocenters. The molecule has 3 N–H and O–H groups in total.